The third-order valence-electron chi connectivity index (χ3n) is 5.23. The Morgan fingerprint density at radius 3 is 2.06 bits per heavy atom. The molecule has 3 amide bonds. The summed E-state index contributed by atoms with van der Waals surface area (Å²) in [5.41, 5.74) is 2.94. The van der Waals surface area contributed by atoms with E-state index in [1.165, 1.54) is 0 Å². The normalized spacial score (nSPS) is 11.2. The zero-order valence-electron chi connectivity index (χ0n) is 19.1. The molecule has 35 heavy (non-hydrogen) atoms. The second kappa shape index (κ2) is 12.0. The molecule has 7 heteroatoms. The molecule has 0 aliphatic rings. The molecule has 0 saturated heterocycles. The summed E-state index contributed by atoms with van der Waals surface area (Å²) in [7, 11) is 0. The predicted octanol–water partition coefficient (Wildman–Crippen LogP) is 5.67. The van der Waals surface area contributed by atoms with Crippen LogP contribution in [0.2, 0.25) is 0 Å². The molecule has 0 bridgehead atoms. The second-order valence-corrected chi connectivity index (χ2v) is 7.77. The fourth-order valence-electron chi connectivity index (χ4n) is 3.46. The maximum Gasteiger partial charge on any atom is 0.319 e. The lowest BCUT2D eigenvalue weighted by atomic mass is 10.1. The highest BCUT2D eigenvalue weighted by atomic mass is 16.5. The minimum atomic E-state index is -0.295. The minimum Gasteiger partial charge on any atom is -0.486 e. The van der Waals surface area contributed by atoms with E-state index in [1.807, 2.05) is 60.7 Å². The number of hydrogen-bond acceptors (Lipinski definition) is 4. The highest BCUT2D eigenvalue weighted by molar-refractivity contribution is 6.04. The summed E-state index contributed by atoms with van der Waals surface area (Å²) in [5.74, 6) is 0.447. The third-order valence-corrected chi connectivity index (χ3v) is 5.23. The molecule has 3 N–H and O–H groups in total. The third kappa shape index (κ3) is 7.17. The van der Waals surface area contributed by atoms with Gasteiger partial charge in [0.15, 0.2) is 0 Å². The van der Waals surface area contributed by atoms with Gasteiger partial charge in [0.2, 0.25) is 0 Å². The van der Waals surface area contributed by atoms with E-state index < -0.39 is 0 Å². The molecule has 4 rings (SSSR count). The fourth-order valence-corrected chi connectivity index (χ4v) is 3.46. The van der Waals surface area contributed by atoms with Crippen LogP contribution in [0.25, 0.3) is 0 Å². The van der Waals surface area contributed by atoms with Crippen molar-refractivity contribution in [1.29, 1.82) is 0 Å². The lowest BCUT2D eigenvalue weighted by Crippen LogP contribution is -2.30. The van der Waals surface area contributed by atoms with Crippen LogP contribution in [0.4, 0.5) is 16.2 Å². The predicted molar refractivity (Wildman–Crippen MR) is 137 cm³/mol. The van der Waals surface area contributed by atoms with Crippen LogP contribution in [-0.2, 0) is 0 Å². The van der Waals surface area contributed by atoms with Crippen molar-refractivity contribution < 1.29 is 14.3 Å². The van der Waals surface area contributed by atoms with Gasteiger partial charge in [0, 0.05) is 42.3 Å². The highest BCUT2D eigenvalue weighted by Gasteiger charge is 2.15. The van der Waals surface area contributed by atoms with Gasteiger partial charge in [0.05, 0.1) is 0 Å². The van der Waals surface area contributed by atoms with E-state index >= 15 is 0 Å². The smallest absolute Gasteiger partial charge is 0.319 e. The molecular weight excluding hydrogens is 440 g/mol. The van der Waals surface area contributed by atoms with Crippen LogP contribution in [0.1, 0.15) is 28.4 Å². The maximum atomic E-state index is 12.5. The topological polar surface area (TPSA) is 92.3 Å². The number of carbonyl (C=O) groups excluding carboxylic acids is 2. The Kier molecular flexibility index (Phi) is 8.05. The molecular formula is C28H26N4O3. The van der Waals surface area contributed by atoms with Gasteiger partial charge in [-0.15, -0.1) is 0 Å². The molecule has 0 radical (unpaired) electrons. The second-order valence-electron chi connectivity index (χ2n) is 7.77. The molecule has 1 atom stereocenters. The van der Waals surface area contributed by atoms with Crippen molar-refractivity contribution in [3.05, 3.63) is 121 Å². The van der Waals surface area contributed by atoms with Gasteiger partial charge in [-0.1, -0.05) is 48.5 Å². The van der Waals surface area contributed by atoms with E-state index in [9.17, 15) is 9.59 Å². The lowest BCUT2D eigenvalue weighted by molar-refractivity contribution is 0.102. The number of anilines is 2. The number of benzene rings is 3. The van der Waals surface area contributed by atoms with Gasteiger partial charge in [0.1, 0.15) is 11.9 Å². The zero-order chi connectivity index (χ0) is 24.3. The average molecular weight is 467 g/mol. The van der Waals surface area contributed by atoms with Gasteiger partial charge < -0.3 is 20.7 Å². The first-order chi connectivity index (χ1) is 17.2. The van der Waals surface area contributed by atoms with Gasteiger partial charge in [-0.05, 0) is 54.1 Å². The SMILES string of the molecule is O=C(NCCC(Oc1ccc(C(=O)Nc2ccccc2)cc1)c1ccccc1)Nc1ccncc1. The molecule has 7 nitrogen and oxygen atoms in total. The van der Waals surface area contributed by atoms with Crippen LogP contribution in [0.15, 0.2) is 109 Å². The number of urea groups is 1. The van der Waals surface area contributed by atoms with Crippen molar-refractivity contribution in [2.24, 2.45) is 0 Å². The van der Waals surface area contributed by atoms with Gasteiger partial charge in [0.25, 0.3) is 5.91 Å². The molecule has 0 aliphatic heterocycles. The van der Waals surface area contributed by atoms with E-state index in [0.717, 1.165) is 11.3 Å². The molecule has 0 fully saturated rings. The number of hydrogen-bond donors (Lipinski definition) is 3. The number of amides is 3. The van der Waals surface area contributed by atoms with Crippen LogP contribution in [0.5, 0.6) is 5.75 Å². The number of ether oxygens (including phenoxy) is 1. The van der Waals surface area contributed by atoms with Crippen molar-refractivity contribution >= 4 is 23.3 Å². The fraction of sp³-hybridized carbons (Fsp3) is 0.107. The summed E-state index contributed by atoms with van der Waals surface area (Å²) in [6.07, 6.45) is 3.52. The van der Waals surface area contributed by atoms with Crippen LogP contribution < -0.4 is 20.7 Å². The molecule has 3 aromatic carbocycles. The average Bonchev–Trinajstić information content (AvgIpc) is 2.90. The Morgan fingerprint density at radius 1 is 0.743 bits per heavy atom. The molecule has 1 unspecified atom stereocenters. The summed E-state index contributed by atoms with van der Waals surface area (Å²) < 4.78 is 6.24. The summed E-state index contributed by atoms with van der Waals surface area (Å²) in [5, 5.41) is 8.50. The Bertz CT molecular complexity index is 1220. The van der Waals surface area contributed by atoms with Crippen LogP contribution in [0, 0.1) is 0 Å². The Labute approximate surface area is 204 Å². The summed E-state index contributed by atoms with van der Waals surface area (Å²) in [6, 6.07) is 29.3. The number of para-hydroxylation sites is 1. The summed E-state index contributed by atoms with van der Waals surface area (Å²) in [6.45, 7) is 0.411. The van der Waals surface area contributed by atoms with Crippen molar-refractivity contribution in [1.82, 2.24) is 10.3 Å². The zero-order valence-corrected chi connectivity index (χ0v) is 19.1. The molecule has 0 aliphatic carbocycles. The molecule has 0 spiro atoms. The number of rotatable bonds is 9. The van der Waals surface area contributed by atoms with Gasteiger partial charge in [-0.2, -0.15) is 0 Å². The van der Waals surface area contributed by atoms with Gasteiger partial charge >= 0.3 is 6.03 Å². The Morgan fingerprint density at radius 2 is 1.37 bits per heavy atom. The first-order valence-corrected chi connectivity index (χ1v) is 11.3. The van der Waals surface area contributed by atoms with Crippen molar-refractivity contribution in [2.75, 3.05) is 17.2 Å². The molecule has 0 saturated carbocycles. The number of aromatic nitrogens is 1. The molecule has 1 aromatic heterocycles. The number of carbonyl (C=O) groups is 2. The lowest BCUT2D eigenvalue weighted by Gasteiger charge is -2.20. The van der Waals surface area contributed by atoms with Crippen molar-refractivity contribution in [3.63, 3.8) is 0 Å². The Hall–Kier alpha value is -4.65. The summed E-state index contributed by atoms with van der Waals surface area (Å²) in [4.78, 5) is 28.6. The van der Waals surface area contributed by atoms with Crippen LogP contribution >= 0.6 is 0 Å². The quantitative estimate of drug-likeness (QED) is 0.297. The molecule has 1 heterocycles. The maximum absolute atomic E-state index is 12.5. The summed E-state index contributed by atoms with van der Waals surface area (Å²) >= 11 is 0. The minimum absolute atomic E-state index is 0.188. The number of nitrogens with one attached hydrogen (secondary N) is 3. The van der Waals surface area contributed by atoms with E-state index in [-0.39, 0.29) is 18.0 Å². The molecule has 4 aromatic rings. The first-order valence-electron chi connectivity index (χ1n) is 11.3. The molecule has 176 valence electrons. The first kappa shape index (κ1) is 23.5. The Balaban J connectivity index is 1.35. The largest absolute Gasteiger partial charge is 0.486 e. The standard InChI is InChI=1S/C28H26N4O3/c33-27(31-23-9-5-2-6-10-23)22-11-13-25(14-12-22)35-26(21-7-3-1-4-8-21)17-20-30-28(34)32-24-15-18-29-19-16-24/h1-16,18-19,26H,17,20H2,(H,31,33)(H2,29,30,32,34). The number of pyridine rings is 1. The van der Waals surface area contributed by atoms with Crippen LogP contribution in [0.3, 0.4) is 0 Å². The monoisotopic (exact) mass is 466 g/mol. The number of nitrogens with zero attached hydrogens (tertiary/aromatic N) is 1. The van der Waals surface area contributed by atoms with E-state index in [1.54, 1.807) is 48.8 Å². The van der Waals surface area contributed by atoms with Gasteiger partial charge in [-0.3, -0.25) is 9.78 Å². The van der Waals surface area contributed by atoms with Crippen molar-refractivity contribution in [2.45, 2.75) is 12.5 Å². The highest BCUT2D eigenvalue weighted by Crippen LogP contribution is 2.25. The van der Waals surface area contributed by atoms with E-state index in [0.29, 0.717) is 30.0 Å². The van der Waals surface area contributed by atoms with Crippen molar-refractivity contribution in [3.8, 4) is 5.75 Å². The van der Waals surface area contributed by atoms with Gasteiger partial charge in [-0.25, -0.2) is 4.79 Å². The van der Waals surface area contributed by atoms with E-state index in [2.05, 4.69) is 20.9 Å². The van der Waals surface area contributed by atoms with E-state index in [4.69, 9.17) is 4.74 Å². The van der Waals surface area contributed by atoms with Crippen LogP contribution in [-0.4, -0.2) is 23.5 Å².